The van der Waals surface area contributed by atoms with Crippen LogP contribution in [-0.2, 0) is 39.8 Å². The largest absolute Gasteiger partial charge is 1.00 e. The van der Waals surface area contributed by atoms with Gasteiger partial charge in [-0.1, -0.05) is 11.3 Å². The number of carbonyl (C=O) groups is 3. The van der Waals surface area contributed by atoms with Crippen molar-refractivity contribution in [1.82, 2.24) is 14.8 Å². The number of sulfonamides is 1. The minimum atomic E-state index is -5.43. The maximum atomic E-state index is 13.5. The quantitative estimate of drug-likeness (QED) is 0.0500. The number of carboxylic acids is 2. The molecule has 4 rings (SSSR count). The number of benzene rings is 2. The van der Waals surface area contributed by atoms with Gasteiger partial charge in [-0.2, -0.15) is 13.5 Å². The number of aromatic nitrogens is 3. The predicted molar refractivity (Wildman–Crippen MR) is 161 cm³/mol. The second-order valence-electron chi connectivity index (χ2n) is 9.34. The molecule has 2 aromatic heterocycles. The van der Waals surface area contributed by atoms with Gasteiger partial charge in [0.1, 0.15) is 26.8 Å². The van der Waals surface area contributed by atoms with Gasteiger partial charge in [-0.3, -0.25) is 9.59 Å². The third-order valence-electron chi connectivity index (χ3n) is 6.06. The number of carboxylic acid groups (broad SMARTS) is 2. The summed E-state index contributed by atoms with van der Waals surface area (Å²) < 4.78 is 97.0. The molecule has 0 spiro atoms. The molecule has 2 aromatic carbocycles. The van der Waals surface area contributed by atoms with Gasteiger partial charge in [-0.25, -0.2) is 35.6 Å². The van der Waals surface area contributed by atoms with Gasteiger partial charge in [0.15, 0.2) is 15.7 Å². The van der Waals surface area contributed by atoms with E-state index >= 15 is 0 Å². The van der Waals surface area contributed by atoms with Gasteiger partial charge < -0.3 is 24.6 Å². The minimum absolute atomic E-state index is 0. The maximum Gasteiger partial charge on any atom is 1.00 e. The number of rotatable bonds is 13. The molecule has 0 aliphatic heterocycles. The fourth-order valence-corrected chi connectivity index (χ4v) is 7.70. The fourth-order valence-electron chi connectivity index (χ4n) is 3.95. The molecule has 0 aliphatic rings. The van der Waals surface area contributed by atoms with Crippen LogP contribution in [0.5, 0.6) is 0 Å². The summed E-state index contributed by atoms with van der Waals surface area (Å²) in [6.07, 6.45) is -0.325. The summed E-state index contributed by atoms with van der Waals surface area (Å²) in [4.78, 5) is 35.9. The van der Waals surface area contributed by atoms with Crippen LogP contribution in [0.2, 0.25) is 0 Å². The fraction of sp³-hybridized carbons (Fsp3) is 0.125. The van der Waals surface area contributed by atoms with Crippen molar-refractivity contribution in [1.29, 1.82) is 0 Å². The van der Waals surface area contributed by atoms with Crippen LogP contribution in [0, 0.1) is 13.8 Å². The van der Waals surface area contributed by atoms with Gasteiger partial charge in [-0.05, 0) is 56.3 Å². The molecule has 254 valence electrons. The number of carbonyl (C=O) groups excluding carboxylic acids is 1. The van der Waals surface area contributed by atoms with E-state index in [9.17, 15) is 59.0 Å². The van der Waals surface area contributed by atoms with Crippen LogP contribution in [-0.4, -0.2) is 84.2 Å². The molecule has 0 unspecified atom stereocenters. The number of thiazole rings is 1. The summed E-state index contributed by atoms with van der Waals surface area (Å²) in [6, 6.07) is 6.38. The second-order valence-corrected chi connectivity index (χ2v) is 15.1. The molecule has 26 heteroatoms. The Hall–Kier alpha value is -3.14. The maximum absolute atomic E-state index is 13.5. The molecular weight excluding hydrogens is 769 g/mol. The van der Waals surface area contributed by atoms with E-state index < -0.39 is 68.4 Å². The average Bonchev–Trinajstić information content (AvgIpc) is 3.52. The van der Waals surface area contributed by atoms with Gasteiger partial charge >= 0.3 is 71.1 Å². The zero-order valence-electron chi connectivity index (χ0n) is 26.0. The standard InChI is InChI=1S/C24H21N7O13S4.2Na/c1-12-20(21(25-10-19(33)34)31(29-12)15-5-3-14(4-6-15)22(35)36)27-28-24-26-13(2)23(45-24)46(37,38)30(11-32)16-7-17(47(39,40)41)9-18(8-16)48(42,43)44;;/h3-9,11,25H,10H2,1-2H3,(H,33,34)(H,35,36)(H,39,40,41)(H,42,43,44);;/q;2*+1/p-2. The zero-order valence-corrected chi connectivity index (χ0v) is 33.3. The Morgan fingerprint density at radius 2 is 1.50 bits per heavy atom. The van der Waals surface area contributed by atoms with E-state index in [0.29, 0.717) is 29.2 Å². The summed E-state index contributed by atoms with van der Waals surface area (Å²) >= 11 is 0.364. The molecule has 0 bridgehead atoms. The Morgan fingerprint density at radius 3 is 1.98 bits per heavy atom. The van der Waals surface area contributed by atoms with Gasteiger partial charge in [-0.15, -0.1) is 10.2 Å². The summed E-state index contributed by atoms with van der Waals surface area (Å²) in [6.45, 7) is 2.08. The molecule has 0 aliphatic carbocycles. The Labute approximate surface area is 331 Å². The first kappa shape index (κ1) is 43.0. The number of azo groups is 1. The van der Waals surface area contributed by atoms with Gasteiger partial charge in [0, 0.05) is 0 Å². The van der Waals surface area contributed by atoms with Crippen molar-refractivity contribution >= 4 is 82.3 Å². The van der Waals surface area contributed by atoms with Crippen molar-refractivity contribution in [3.8, 4) is 5.69 Å². The van der Waals surface area contributed by atoms with Gasteiger partial charge in [0.2, 0.25) is 11.5 Å². The van der Waals surface area contributed by atoms with E-state index in [2.05, 4.69) is 25.6 Å². The number of anilines is 2. The van der Waals surface area contributed by atoms with E-state index in [4.69, 9.17) is 0 Å². The third kappa shape index (κ3) is 9.59. The summed E-state index contributed by atoms with van der Waals surface area (Å²) in [5, 5.41) is 32.9. The number of aromatic carboxylic acids is 1. The molecule has 1 amide bonds. The Morgan fingerprint density at radius 1 is 0.940 bits per heavy atom. The molecule has 50 heavy (non-hydrogen) atoms. The molecule has 20 nitrogen and oxygen atoms in total. The van der Waals surface area contributed by atoms with E-state index in [0.717, 1.165) is 0 Å². The monoisotopic (exact) mass is 787 g/mol. The van der Waals surface area contributed by atoms with Crippen molar-refractivity contribution < 1.29 is 118 Å². The number of nitrogens with one attached hydrogen (secondary N) is 1. The molecule has 3 N–H and O–H groups in total. The SMILES string of the molecule is Cc1nc(N=Nc2c(C)nn(-c3ccc(C(=O)O)cc3)c2NCC(=O)O)sc1S(=O)(=O)N(C=O)c1cc(S(=O)(=O)[O-])cc(S(=O)(=O)[O-])c1.[Na+].[Na+]. The molecule has 0 saturated heterocycles. The first-order valence-electron chi connectivity index (χ1n) is 12.6. The average molecular weight is 788 g/mol. The number of hydrogen-bond acceptors (Lipinski definition) is 17. The normalized spacial score (nSPS) is 11.8. The molecular formula is C24H19N7Na2O13S4. The summed E-state index contributed by atoms with van der Waals surface area (Å²) in [5.41, 5.74) is -0.751. The number of amides is 1. The van der Waals surface area contributed by atoms with Crippen LogP contribution >= 0.6 is 11.3 Å². The van der Waals surface area contributed by atoms with Gasteiger partial charge in [0.05, 0.1) is 38.1 Å². The molecule has 0 atom stereocenters. The van der Waals surface area contributed by atoms with E-state index in [1.807, 2.05) is 0 Å². The summed E-state index contributed by atoms with van der Waals surface area (Å²) in [5.74, 6) is -2.43. The second kappa shape index (κ2) is 16.5. The van der Waals surface area contributed by atoms with Crippen LogP contribution in [0.25, 0.3) is 5.69 Å². The van der Waals surface area contributed by atoms with E-state index in [1.165, 1.54) is 42.8 Å². The zero-order chi connectivity index (χ0) is 35.8. The van der Waals surface area contributed by atoms with Crippen molar-refractivity contribution in [3.05, 3.63) is 59.4 Å². The Balaban J connectivity index is 0.00000433. The topological polar surface area (TPSA) is 311 Å². The Bertz CT molecular complexity index is 2280. The molecule has 2 heterocycles. The van der Waals surface area contributed by atoms with Crippen molar-refractivity contribution in [2.45, 2.75) is 27.8 Å². The smallest absolute Gasteiger partial charge is 0.744 e. The third-order valence-corrected chi connectivity index (χ3v) is 11.0. The van der Waals surface area contributed by atoms with E-state index in [-0.39, 0.29) is 109 Å². The molecule has 4 aromatic rings. The van der Waals surface area contributed by atoms with Crippen LogP contribution in [0.4, 0.5) is 22.3 Å². The van der Waals surface area contributed by atoms with Crippen LogP contribution in [0.1, 0.15) is 21.7 Å². The first-order chi connectivity index (χ1) is 22.2. The van der Waals surface area contributed by atoms with Gasteiger partial charge in [0.25, 0.3) is 10.0 Å². The predicted octanol–water partition coefficient (Wildman–Crippen LogP) is -4.28. The number of aryl methyl sites for hydroxylation is 2. The molecule has 0 fully saturated rings. The van der Waals surface area contributed by atoms with Crippen LogP contribution < -0.4 is 68.7 Å². The van der Waals surface area contributed by atoms with Crippen molar-refractivity contribution in [2.24, 2.45) is 10.2 Å². The Kier molecular flexibility index (Phi) is 14.2. The number of hydrogen-bond donors (Lipinski definition) is 3. The molecule has 0 saturated carbocycles. The first-order valence-corrected chi connectivity index (χ1v) is 17.7. The number of nitrogens with zero attached hydrogens (tertiary/aromatic N) is 6. The van der Waals surface area contributed by atoms with E-state index in [1.54, 1.807) is 0 Å². The van der Waals surface area contributed by atoms with Crippen LogP contribution in [0.3, 0.4) is 0 Å². The minimum Gasteiger partial charge on any atom is -0.744 e. The van der Waals surface area contributed by atoms with Crippen molar-refractivity contribution in [3.63, 3.8) is 0 Å². The number of aliphatic carboxylic acids is 1. The van der Waals surface area contributed by atoms with Crippen molar-refractivity contribution in [2.75, 3.05) is 16.2 Å². The molecule has 0 radical (unpaired) electrons. The summed E-state index contributed by atoms with van der Waals surface area (Å²) in [7, 11) is -15.9. The van der Waals surface area contributed by atoms with Crippen LogP contribution in [0.15, 0.2) is 66.7 Å².